The minimum absolute atomic E-state index is 0.0766. The normalized spacial score (nSPS) is 19.4. The molecular weight excluding hydrogens is 261 g/mol. The molecule has 1 fully saturated rings. The van der Waals surface area contributed by atoms with E-state index in [0.717, 1.165) is 25.7 Å². The summed E-state index contributed by atoms with van der Waals surface area (Å²) in [5.74, 6) is -0.299. The summed E-state index contributed by atoms with van der Waals surface area (Å²) in [6, 6.07) is 2.71. The van der Waals surface area contributed by atoms with Gasteiger partial charge in [-0.25, -0.2) is 4.39 Å². The van der Waals surface area contributed by atoms with Crippen molar-refractivity contribution in [2.75, 3.05) is 0 Å². The number of phenolic OH excluding ortho intramolecular Hbond substituents is 1. The van der Waals surface area contributed by atoms with Gasteiger partial charge in [0.25, 0.3) is 0 Å². The first kappa shape index (κ1) is 10.9. The lowest BCUT2D eigenvalue weighted by Crippen LogP contribution is -2.33. The van der Waals surface area contributed by atoms with Gasteiger partial charge in [0.15, 0.2) is 0 Å². The zero-order chi connectivity index (χ0) is 11.1. The SMILES string of the molecule is NC1(c2cc(F)c(Br)cc2O)CCCC1. The molecule has 0 spiro atoms. The number of nitrogens with two attached hydrogens (primary N) is 1. The van der Waals surface area contributed by atoms with Gasteiger partial charge >= 0.3 is 0 Å². The third kappa shape index (κ3) is 1.88. The summed E-state index contributed by atoms with van der Waals surface area (Å²) < 4.78 is 13.6. The first-order chi connectivity index (χ1) is 7.03. The van der Waals surface area contributed by atoms with Crippen LogP contribution in [0.25, 0.3) is 0 Å². The maximum Gasteiger partial charge on any atom is 0.137 e. The standard InChI is InChI=1S/C11H13BrFNO/c12-8-6-10(15)7(5-9(8)13)11(14)3-1-2-4-11/h5-6,15H,1-4,14H2. The van der Waals surface area contributed by atoms with E-state index in [2.05, 4.69) is 15.9 Å². The van der Waals surface area contributed by atoms with Gasteiger partial charge in [0.05, 0.1) is 4.47 Å². The second-order valence-electron chi connectivity index (χ2n) is 4.15. The lowest BCUT2D eigenvalue weighted by atomic mass is 9.88. The molecule has 3 N–H and O–H groups in total. The summed E-state index contributed by atoms with van der Waals surface area (Å²) in [6.45, 7) is 0. The van der Waals surface area contributed by atoms with E-state index in [4.69, 9.17) is 5.73 Å². The van der Waals surface area contributed by atoms with Crippen LogP contribution in [0.3, 0.4) is 0 Å². The summed E-state index contributed by atoms with van der Waals surface area (Å²) in [7, 11) is 0. The van der Waals surface area contributed by atoms with Gasteiger partial charge < -0.3 is 10.8 Å². The fourth-order valence-electron chi connectivity index (χ4n) is 2.21. The molecule has 0 atom stereocenters. The quantitative estimate of drug-likeness (QED) is 0.826. The van der Waals surface area contributed by atoms with Crippen molar-refractivity contribution in [1.29, 1.82) is 0 Å². The molecule has 15 heavy (non-hydrogen) atoms. The second kappa shape index (κ2) is 3.76. The first-order valence-electron chi connectivity index (χ1n) is 5.00. The van der Waals surface area contributed by atoms with Crippen molar-refractivity contribution in [3.05, 3.63) is 28.0 Å². The van der Waals surface area contributed by atoms with Crippen LogP contribution in [0.2, 0.25) is 0 Å². The topological polar surface area (TPSA) is 46.2 Å². The molecule has 1 aliphatic carbocycles. The van der Waals surface area contributed by atoms with E-state index in [0.29, 0.717) is 5.56 Å². The van der Waals surface area contributed by atoms with Gasteiger partial charge in [0, 0.05) is 11.1 Å². The van der Waals surface area contributed by atoms with E-state index in [1.165, 1.54) is 12.1 Å². The molecule has 4 heteroatoms. The number of benzene rings is 1. The Kier molecular flexibility index (Phi) is 2.73. The fourth-order valence-corrected chi connectivity index (χ4v) is 2.54. The molecule has 0 heterocycles. The van der Waals surface area contributed by atoms with E-state index in [1.54, 1.807) is 0 Å². The van der Waals surface area contributed by atoms with E-state index in [-0.39, 0.29) is 16.0 Å². The zero-order valence-corrected chi connectivity index (χ0v) is 9.85. The maximum atomic E-state index is 13.4. The predicted molar refractivity (Wildman–Crippen MR) is 60.1 cm³/mol. The van der Waals surface area contributed by atoms with Gasteiger partial charge in [-0.15, -0.1) is 0 Å². The monoisotopic (exact) mass is 273 g/mol. The third-order valence-corrected chi connectivity index (χ3v) is 3.68. The van der Waals surface area contributed by atoms with Crippen LogP contribution in [0.4, 0.5) is 4.39 Å². The predicted octanol–water partition coefficient (Wildman–Crippen LogP) is 3.02. The van der Waals surface area contributed by atoms with Crippen molar-refractivity contribution in [2.45, 2.75) is 31.2 Å². The molecule has 0 radical (unpaired) electrons. The minimum Gasteiger partial charge on any atom is -0.508 e. The van der Waals surface area contributed by atoms with Crippen molar-refractivity contribution >= 4 is 15.9 Å². The number of aromatic hydroxyl groups is 1. The van der Waals surface area contributed by atoms with Crippen LogP contribution in [0.1, 0.15) is 31.2 Å². The molecule has 1 aromatic carbocycles. The highest BCUT2D eigenvalue weighted by Gasteiger charge is 2.34. The Hall–Kier alpha value is -0.610. The molecular formula is C11H13BrFNO. The molecule has 2 nitrogen and oxygen atoms in total. The summed E-state index contributed by atoms with van der Waals surface area (Å²) in [4.78, 5) is 0. The number of hydrogen-bond donors (Lipinski definition) is 2. The fraction of sp³-hybridized carbons (Fsp3) is 0.455. The Morgan fingerprint density at radius 2 is 1.93 bits per heavy atom. The molecule has 0 amide bonds. The molecule has 1 saturated carbocycles. The summed E-state index contributed by atoms with van der Waals surface area (Å²) in [5, 5.41) is 9.76. The molecule has 1 aromatic rings. The van der Waals surface area contributed by atoms with Crippen molar-refractivity contribution in [3.8, 4) is 5.75 Å². The maximum absolute atomic E-state index is 13.4. The summed E-state index contributed by atoms with van der Waals surface area (Å²) in [5.41, 5.74) is 6.14. The number of halogens is 2. The number of phenols is 1. The molecule has 0 aliphatic heterocycles. The van der Waals surface area contributed by atoms with Gasteiger partial charge in [-0.1, -0.05) is 12.8 Å². The average molecular weight is 274 g/mol. The minimum atomic E-state index is -0.550. The summed E-state index contributed by atoms with van der Waals surface area (Å²) >= 11 is 3.03. The highest BCUT2D eigenvalue weighted by molar-refractivity contribution is 9.10. The van der Waals surface area contributed by atoms with Gasteiger partial charge in [-0.2, -0.15) is 0 Å². The molecule has 0 saturated heterocycles. The van der Waals surface area contributed by atoms with Crippen LogP contribution in [0.15, 0.2) is 16.6 Å². The molecule has 82 valence electrons. The van der Waals surface area contributed by atoms with Crippen LogP contribution < -0.4 is 5.73 Å². The Balaban J connectivity index is 2.48. The second-order valence-corrected chi connectivity index (χ2v) is 5.00. The molecule has 0 unspecified atom stereocenters. The lowest BCUT2D eigenvalue weighted by Gasteiger charge is -2.25. The van der Waals surface area contributed by atoms with Crippen molar-refractivity contribution in [3.63, 3.8) is 0 Å². The highest BCUT2D eigenvalue weighted by Crippen LogP contribution is 2.41. The van der Waals surface area contributed by atoms with Gasteiger partial charge in [-0.05, 0) is 40.9 Å². The molecule has 1 aliphatic rings. The Bertz CT molecular complexity index is 388. The highest BCUT2D eigenvalue weighted by atomic mass is 79.9. The van der Waals surface area contributed by atoms with Crippen LogP contribution >= 0.6 is 15.9 Å². The molecule has 2 rings (SSSR count). The zero-order valence-electron chi connectivity index (χ0n) is 8.26. The van der Waals surface area contributed by atoms with Crippen molar-refractivity contribution in [2.24, 2.45) is 5.73 Å². The average Bonchev–Trinajstić information content (AvgIpc) is 2.60. The smallest absolute Gasteiger partial charge is 0.137 e. The van der Waals surface area contributed by atoms with Crippen molar-refractivity contribution < 1.29 is 9.50 Å². The Morgan fingerprint density at radius 3 is 2.53 bits per heavy atom. The Labute approximate surface area is 96.4 Å². The third-order valence-electron chi connectivity index (χ3n) is 3.07. The van der Waals surface area contributed by atoms with Crippen molar-refractivity contribution in [1.82, 2.24) is 0 Å². The van der Waals surface area contributed by atoms with E-state index in [9.17, 15) is 9.50 Å². The van der Waals surface area contributed by atoms with E-state index < -0.39 is 5.54 Å². The van der Waals surface area contributed by atoms with Crippen LogP contribution in [-0.4, -0.2) is 5.11 Å². The van der Waals surface area contributed by atoms with Gasteiger partial charge in [-0.3, -0.25) is 0 Å². The van der Waals surface area contributed by atoms with E-state index >= 15 is 0 Å². The lowest BCUT2D eigenvalue weighted by molar-refractivity contribution is 0.405. The number of hydrogen-bond acceptors (Lipinski definition) is 2. The van der Waals surface area contributed by atoms with E-state index in [1.807, 2.05) is 0 Å². The first-order valence-corrected chi connectivity index (χ1v) is 5.80. The number of rotatable bonds is 1. The largest absolute Gasteiger partial charge is 0.508 e. The van der Waals surface area contributed by atoms with Crippen LogP contribution in [-0.2, 0) is 5.54 Å². The van der Waals surface area contributed by atoms with Gasteiger partial charge in [0.1, 0.15) is 11.6 Å². The van der Waals surface area contributed by atoms with Crippen LogP contribution in [0.5, 0.6) is 5.75 Å². The Morgan fingerprint density at radius 1 is 1.33 bits per heavy atom. The molecule has 0 bridgehead atoms. The van der Waals surface area contributed by atoms with Crippen LogP contribution in [0, 0.1) is 5.82 Å². The van der Waals surface area contributed by atoms with Gasteiger partial charge in [0.2, 0.25) is 0 Å². The summed E-state index contributed by atoms with van der Waals surface area (Å²) in [6.07, 6.45) is 3.69. The molecule has 0 aromatic heterocycles.